The van der Waals surface area contributed by atoms with Gasteiger partial charge in [0.15, 0.2) is 0 Å². The van der Waals surface area contributed by atoms with Gasteiger partial charge in [-0.05, 0) is 45.5 Å². The standard InChI is InChI=1S/C26H20O2.C4H6N2/c27-16-21-14-20-11-13-23-22-9-5-4-8-19(22)10-12-24(23)25(20)15-26(21)28-17-18-6-2-1-3-7-18;1-2-6-4-3-5-1/h1-14,25-26H,15,17H2;1-3,6H,4H2. The van der Waals surface area contributed by atoms with Crippen LogP contribution in [0.5, 0.6) is 0 Å². The predicted molar refractivity (Wildman–Crippen MR) is 138 cm³/mol. The molecule has 6 rings (SSSR count). The summed E-state index contributed by atoms with van der Waals surface area (Å²) < 4.78 is 6.16. The van der Waals surface area contributed by atoms with Gasteiger partial charge in [-0.25, -0.2) is 4.79 Å². The van der Waals surface area contributed by atoms with Crippen molar-refractivity contribution in [3.8, 4) is 0 Å². The van der Waals surface area contributed by atoms with E-state index in [0.29, 0.717) is 12.2 Å². The number of benzene rings is 3. The van der Waals surface area contributed by atoms with E-state index in [1.165, 1.54) is 27.5 Å². The molecule has 0 fully saturated rings. The normalized spacial score (nSPS) is 19.8. The third kappa shape index (κ3) is 4.69. The van der Waals surface area contributed by atoms with E-state index in [0.717, 1.165) is 18.5 Å². The van der Waals surface area contributed by atoms with E-state index in [1.807, 2.05) is 48.8 Å². The second-order valence-corrected chi connectivity index (χ2v) is 8.45. The van der Waals surface area contributed by atoms with E-state index < -0.39 is 0 Å². The molecule has 2 atom stereocenters. The van der Waals surface area contributed by atoms with Gasteiger partial charge in [0.25, 0.3) is 0 Å². The van der Waals surface area contributed by atoms with Crippen LogP contribution in [0.15, 0.2) is 107 Å². The zero-order valence-corrected chi connectivity index (χ0v) is 18.9. The summed E-state index contributed by atoms with van der Waals surface area (Å²) in [4.78, 5) is 15.4. The molecule has 34 heavy (non-hydrogen) atoms. The lowest BCUT2D eigenvalue weighted by Crippen LogP contribution is -2.25. The van der Waals surface area contributed by atoms with Crippen LogP contribution in [0.3, 0.4) is 0 Å². The van der Waals surface area contributed by atoms with Crippen LogP contribution in [-0.4, -0.2) is 24.8 Å². The molecule has 0 aromatic heterocycles. The summed E-state index contributed by atoms with van der Waals surface area (Å²) in [6.45, 7) is 1.36. The Kier molecular flexibility index (Phi) is 6.62. The van der Waals surface area contributed by atoms with Gasteiger partial charge in [-0.15, -0.1) is 0 Å². The van der Waals surface area contributed by atoms with Crippen molar-refractivity contribution in [2.24, 2.45) is 4.99 Å². The molecule has 3 aromatic carbocycles. The molecule has 0 radical (unpaired) electrons. The maximum Gasteiger partial charge on any atom is 0.130 e. The minimum absolute atomic E-state index is 0.238. The minimum Gasteiger partial charge on any atom is -0.385 e. The van der Waals surface area contributed by atoms with Crippen LogP contribution in [0.4, 0.5) is 0 Å². The van der Waals surface area contributed by atoms with Crippen molar-refractivity contribution < 1.29 is 9.53 Å². The fourth-order valence-corrected chi connectivity index (χ4v) is 4.66. The molecule has 0 spiro atoms. The van der Waals surface area contributed by atoms with Gasteiger partial charge in [-0.2, -0.15) is 0 Å². The number of hydrogen-bond acceptors (Lipinski definition) is 4. The van der Waals surface area contributed by atoms with Crippen molar-refractivity contribution in [2.45, 2.75) is 25.0 Å². The third-order valence-electron chi connectivity index (χ3n) is 6.35. The van der Waals surface area contributed by atoms with Crippen molar-refractivity contribution in [3.63, 3.8) is 0 Å². The molecule has 0 saturated heterocycles. The van der Waals surface area contributed by atoms with Crippen molar-refractivity contribution in [3.05, 3.63) is 119 Å². The van der Waals surface area contributed by atoms with Crippen LogP contribution in [0.2, 0.25) is 0 Å². The van der Waals surface area contributed by atoms with Gasteiger partial charge in [0.1, 0.15) is 5.94 Å². The largest absolute Gasteiger partial charge is 0.385 e. The first-order valence-corrected chi connectivity index (χ1v) is 11.6. The van der Waals surface area contributed by atoms with E-state index >= 15 is 0 Å². The molecule has 1 heterocycles. The number of aliphatic imine (C=N–C) groups is 1. The summed E-state index contributed by atoms with van der Waals surface area (Å²) in [6.07, 6.45) is 12.2. The number of carbonyl (C=O) groups excluding carboxylic acids is 1. The smallest absolute Gasteiger partial charge is 0.130 e. The maximum absolute atomic E-state index is 11.6. The molecule has 168 valence electrons. The van der Waals surface area contributed by atoms with Crippen LogP contribution in [-0.2, 0) is 16.1 Å². The van der Waals surface area contributed by atoms with Crippen molar-refractivity contribution >= 4 is 29.0 Å². The number of rotatable bonds is 3. The van der Waals surface area contributed by atoms with Crippen LogP contribution < -0.4 is 5.32 Å². The first-order chi connectivity index (χ1) is 16.8. The molecule has 0 saturated carbocycles. The topological polar surface area (TPSA) is 50.7 Å². The van der Waals surface area contributed by atoms with Gasteiger partial charge >= 0.3 is 0 Å². The van der Waals surface area contributed by atoms with E-state index in [-0.39, 0.29) is 12.0 Å². The first-order valence-electron chi connectivity index (χ1n) is 11.6. The highest BCUT2D eigenvalue weighted by molar-refractivity contribution is 5.93. The molecule has 1 aliphatic heterocycles. The van der Waals surface area contributed by atoms with Gasteiger partial charge in [0.05, 0.1) is 18.3 Å². The van der Waals surface area contributed by atoms with Crippen LogP contribution in [0, 0.1) is 0 Å². The number of allylic oxidation sites excluding steroid dienone is 2. The summed E-state index contributed by atoms with van der Waals surface area (Å²) >= 11 is 0. The Labute approximate surface area is 199 Å². The summed E-state index contributed by atoms with van der Waals surface area (Å²) in [6, 6.07) is 23.0. The molecule has 4 nitrogen and oxygen atoms in total. The number of hydrogen-bond donors (Lipinski definition) is 1. The molecule has 0 amide bonds. The highest BCUT2D eigenvalue weighted by Crippen LogP contribution is 2.44. The van der Waals surface area contributed by atoms with Gasteiger partial charge in [-0.3, -0.25) is 4.99 Å². The highest BCUT2D eigenvalue weighted by Gasteiger charge is 2.32. The Morgan fingerprint density at radius 1 is 1.00 bits per heavy atom. The molecule has 3 aliphatic rings. The fourth-order valence-electron chi connectivity index (χ4n) is 4.66. The number of nitrogens with one attached hydrogen (secondary N) is 1. The van der Waals surface area contributed by atoms with Gasteiger partial charge in [0, 0.05) is 31.1 Å². The lowest BCUT2D eigenvalue weighted by molar-refractivity contribution is 0.0568. The lowest BCUT2D eigenvalue weighted by atomic mass is 9.74. The van der Waals surface area contributed by atoms with E-state index in [4.69, 9.17) is 4.74 Å². The molecular weight excluding hydrogens is 420 g/mol. The molecule has 0 bridgehead atoms. The highest BCUT2D eigenvalue weighted by atomic mass is 16.5. The quantitative estimate of drug-likeness (QED) is 0.521. The number of fused-ring (bicyclic) bond motifs is 5. The Morgan fingerprint density at radius 3 is 2.59 bits per heavy atom. The predicted octanol–water partition coefficient (Wildman–Crippen LogP) is 5.76. The average molecular weight is 447 g/mol. The molecule has 2 aliphatic carbocycles. The molecular formula is C30H26N2O2. The lowest BCUT2D eigenvalue weighted by Gasteiger charge is -2.33. The zero-order chi connectivity index (χ0) is 23.2. The zero-order valence-electron chi connectivity index (χ0n) is 18.9. The second-order valence-electron chi connectivity index (χ2n) is 8.45. The summed E-state index contributed by atoms with van der Waals surface area (Å²) in [5, 5.41) is 5.48. The third-order valence-corrected chi connectivity index (χ3v) is 6.35. The van der Waals surface area contributed by atoms with Crippen molar-refractivity contribution in [1.29, 1.82) is 0 Å². The monoisotopic (exact) mass is 446 g/mol. The van der Waals surface area contributed by atoms with Gasteiger partial charge in [0.2, 0.25) is 0 Å². The fraction of sp³-hybridized carbons (Fsp3) is 0.167. The van der Waals surface area contributed by atoms with E-state index in [2.05, 4.69) is 64.8 Å². The molecule has 4 heteroatoms. The minimum atomic E-state index is -0.239. The summed E-state index contributed by atoms with van der Waals surface area (Å²) in [5.74, 6) is 2.35. The van der Waals surface area contributed by atoms with E-state index in [1.54, 1.807) is 6.20 Å². The van der Waals surface area contributed by atoms with Crippen LogP contribution in [0.25, 0.3) is 16.8 Å². The van der Waals surface area contributed by atoms with Gasteiger partial charge < -0.3 is 10.1 Å². The second kappa shape index (κ2) is 10.3. The van der Waals surface area contributed by atoms with Crippen molar-refractivity contribution in [2.75, 3.05) is 6.54 Å². The first kappa shape index (κ1) is 21.8. The molecule has 1 N–H and O–H groups in total. The summed E-state index contributed by atoms with van der Waals surface area (Å²) in [5.41, 5.74) is 5.47. The van der Waals surface area contributed by atoms with Crippen LogP contribution in [0.1, 0.15) is 29.0 Å². The van der Waals surface area contributed by atoms with Crippen molar-refractivity contribution in [1.82, 2.24) is 5.32 Å². The Balaban J connectivity index is 0.000000351. The Hall–Kier alpha value is -3.98. The Morgan fingerprint density at radius 2 is 1.85 bits per heavy atom. The summed E-state index contributed by atoms with van der Waals surface area (Å²) in [7, 11) is 0. The molecule has 3 aromatic rings. The molecule has 2 unspecified atom stereocenters. The van der Waals surface area contributed by atoms with E-state index in [9.17, 15) is 4.79 Å². The van der Waals surface area contributed by atoms with Gasteiger partial charge in [-0.1, -0.05) is 78.9 Å². The number of nitrogens with zero attached hydrogens (tertiary/aromatic N) is 1. The Bertz CT molecular complexity index is 1330. The van der Waals surface area contributed by atoms with Crippen LogP contribution >= 0.6 is 0 Å². The average Bonchev–Trinajstić information content (AvgIpc) is 2.93. The SMILES string of the molecule is C1=CNCC=N1.O=C=C1C=C2C=Cc3c(ccc4ccccc34)C2CC1OCc1ccccc1. The number of ether oxygens (including phenoxy) is 1. The maximum atomic E-state index is 11.6.